The van der Waals surface area contributed by atoms with Gasteiger partial charge < -0.3 is 5.73 Å². The molecule has 2 aromatic rings. The summed E-state index contributed by atoms with van der Waals surface area (Å²) in [5, 5.41) is 0.547. The van der Waals surface area contributed by atoms with Crippen LogP contribution < -0.4 is 17.0 Å². The lowest BCUT2D eigenvalue weighted by molar-refractivity contribution is 0.0953. The normalized spacial score (nSPS) is 10.4. The summed E-state index contributed by atoms with van der Waals surface area (Å²) >= 11 is 7.40. The fourth-order valence-corrected chi connectivity index (χ4v) is 2.93. The number of benzene rings is 2. The number of carbonyl (C=O) groups is 1. The number of amides is 1. The number of nitrogens with one attached hydrogen (secondary N) is 1. The maximum Gasteiger partial charge on any atom is 0.265 e. The van der Waals surface area contributed by atoms with E-state index >= 15 is 0 Å². The van der Waals surface area contributed by atoms with Crippen LogP contribution in [0.25, 0.3) is 0 Å². The lowest BCUT2D eigenvalue weighted by Gasteiger charge is -2.08. The molecule has 0 spiro atoms. The standard InChI is InChI=1S/C14H13ClFN3OS/c15-11-3-2-10(17)6-13(11)21-7-9-5-8(14(20)19-18)1-4-12(9)16/h1-6H,7,17-18H2,(H,19,20). The topological polar surface area (TPSA) is 81.1 Å². The number of thioether (sulfide) groups is 1. The Bertz CT molecular complexity index is 681. The van der Waals surface area contributed by atoms with Gasteiger partial charge in [0.2, 0.25) is 0 Å². The van der Waals surface area contributed by atoms with Crippen molar-refractivity contribution >= 4 is 35.0 Å². The van der Waals surface area contributed by atoms with Crippen LogP contribution in [0, 0.1) is 5.82 Å². The van der Waals surface area contributed by atoms with Gasteiger partial charge in [-0.2, -0.15) is 0 Å². The predicted molar refractivity (Wildman–Crippen MR) is 83.5 cm³/mol. The highest BCUT2D eigenvalue weighted by Gasteiger charge is 2.10. The molecule has 0 fully saturated rings. The van der Waals surface area contributed by atoms with Crippen molar-refractivity contribution in [3.63, 3.8) is 0 Å². The quantitative estimate of drug-likeness (QED) is 0.265. The minimum absolute atomic E-state index is 0.299. The van der Waals surface area contributed by atoms with Crippen LogP contribution in [-0.2, 0) is 5.75 Å². The maximum absolute atomic E-state index is 13.8. The van der Waals surface area contributed by atoms with E-state index in [1.54, 1.807) is 18.2 Å². The average Bonchev–Trinajstić information content (AvgIpc) is 2.48. The van der Waals surface area contributed by atoms with Gasteiger partial charge in [-0.05, 0) is 42.0 Å². The van der Waals surface area contributed by atoms with Crippen LogP contribution in [0.3, 0.4) is 0 Å². The molecule has 0 aliphatic heterocycles. The summed E-state index contributed by atoms with van der Waals surface area (Å²) in [6.07, 6.45) is 0. The summed E-state index contributed by atoms with van der Waals surface area (Å²) in [6, 6.07) is 9.18. The molecule has 0 heterocycles. The van der Waals surface area contributed by atoms with Gasteiger partial charge in [0, 0.05) is 21.9 Å². The van der Waals surface area contributed by atoms with E-state index < -0.39 is 11.7 Å². The molecule has 0 atom stereocenters. The zero-order valence-corrected chi connectivity index (χ0v) is 12.5. The first-order valence-corrected chi connectivity index (χ1v) is 7.35. The van der Waals surface area contributed by atoms with E-state index in [1.165, 1.54) is 30.0 Å². The van der Waals surface area contributed by atoms with Crippen molar-refractivity contribution in [1.29, 1.82) is 0 Å². The lowest BCUT2D eigenvalue weighted by atomic mass is 10.1. The van der Waals surface area contributed by atoms with Crippen molar-refractivity contribution in [2.45, 2.75) is 10.6 Å². The number of anilines is 1. The van der Waals surface area contributed by atoms with Crippen molar-refractivity contribution in [3.8, 4) is 0 Å². The van der Waals surface area contributed by atoms with Crippen LogP contribution in [0.4, 0.5) is 10.1 Å². The molecule has 0 bridgehead atoms. The van der Waals surface area contributed by atoms with E-state index in [4.69, 9.17) is 23.2 Å². The van der Waals surface area contributed by atoms with E-state index in [-0.39, 0.29) is 0 Å². The molecule has 0 unspecified atom stereocenters. The monoisotopic (exact) mass is 325 g/mol. The van der Waals surface area contributed by atoms with Gasteiger partial charge >= 0.3 is 0 Å². The number of rotatable bonds is 4. The van der Waals surface area contributed by atoms with Gasteiger partial charge in [0.15, 0.2) is 0 Å². The van der Waals surface area contributed by atoms with Crippen molar-refractivity contribution in [2.75, 3.05) is 5.73 Å². The fourth-order valence-electron chi connectivity index (χ4n) is 1.70. The van der Waals surface area contributed by atoms with Crippen molar-refractivity contribution in [3.05, 3.63) is 58.4 Å². The second-order valence-electron chi connectivity index (χ2n) is 4.26. The zero-order valence-electron chi connectivity index (χ0n) is 10.9. The molecule has 4 nitrogen and oxygen atoms in total. The zero-order chi connectivity index (χ0) is 15.4. The first kappa shape index (κ1) is 15.6. The second kappa shape index (κ2) is 6.80. The molecular weight excluding hydrogens is 313 g/mol. The van der Waals surface area contributed by atoms with E-state index in [1.807, 2.05) is 5.43 Å². The molecule has 0 aliphatic carbocycles. The van der Waals surface area contributed by atoms with Crippen LogP contribution in [0.2, 0.25) is 5.02 Å². The number of nitrogens with two attached hydrogens (primary N) is 2. The Balaban J connectivity index is 2.19. The molecule has 0 saturated heterocycles. The molecule has 21 heavy (non-hydrogen) atoms. The van der Waals surface area contributed by atoms with E-state index in [2.05, 4.69) is 0 Å². The van der Waals surface area contributed by atoms with Gasteiger partial charge in [0.25, 0.3) is 5.91 Å². The summed E-state index contributed by atoms with van der Waals surface area (Å²) in [7, 11) is 0. The van der Waals surface area contributed by atoms with Crippen LogP contribution in [0.5, 0.6) is 0 Å². The number of hydrogen-bond donors (Lipinski definition) is 3. The molecule has 2 aromatic carbocycles. The molecule has 0 aromatic heterocycles. The third-order valence-electron chi connectivity index (χ3n) is 2.78. The third kappa shape index (κ3) is 3.87. The molecule has 2 rings (SSSR count). The molecule has 5 N–H and O–H groups in total. The maximum atomic E-state index is 13.8. The SMILES string of the molecule is NNC(=O)c1ccc(F)c(CSc2cc(N)ccc2Cl)c1. The number of hydrazine groups is 1. The van der Waals surface area contributed by atoms with Gasteiger partial charge in [-0.15, -0.1) is 11.8 Å². The second-order valence-corrected chi connectivity index (χ2v) is 5.68. The fraction of sp³-hybridized carbons (Fsp3) is 0.0714. The Labute approximate surface area is 130 Å². The molecule has 0 saturated carbocycles. The molecule has 110 valence electrons. The van der Waals surface area contributed by atoms with Crippen LogP contribution in [0.1, 0.15) is 15.9 Å². The van der Waals surface area contributed by atoms with E-state index in [0.29, 0.717) is 27.6 Å². The Hall–Kier alpha value is -1.76. The van der Waals surface area contributed by atoms with Gasteiger partial charge in [-0.25, -0.2) is 10.2 Å². The summed E-state index contributed by atoms with van der Waals surface area (Å²) in [5.41, 5.74) is 8.98. The van der Waals surface area contributed by atoms with Gasteiger partial charge in [0.05, 0.1) is 5.02 Å². The first-order valence-electron chi connectivity index (χ1n) is 5.98. The number of hydrogen-bond acceptors (Lipinski definition) is 4. The Morgan fingerprint density at radius 1 is 1.29 bits per heavy atom. The highest BCUT2D eigenvalue weighted by Crippen LogP contribution is 2.32. The highest BCUT2D eigenvalue weighted by atomic mass is 35.5. The number of nitrogen functional groups attached to an aromatic ring is 2. The van der Waals surface area contributed by atoms with Crippen molar-refractivity contribution in [2.24, 2.45) is 5.84 Å². The molecule has 0 radical (unpaired) electrons. The summed E-state index contributed by atoms with van der Waals surface area (Å²) in [4.78, 5) is 12.2. The summed E-state index contributed by atoms with van der Waals surface area (Å²) in [5.74, 6) is 4.52. The average molecular weight is 326 g/mol. The Kier molecular flexibility index (Phi) is 5.06. The Morgan fingerprint density at radius 3 is 2.76 bits per heavy atom. The van der Waals surface area contributed by atoms with Gasteiger partial charge in [0.1, 0.15) is 5.82 Å². The Morgan fingerprint density at radius 2 is 2.05 bits per heavy atom. The summed E-state index contributed by atoms with van der Waals surface area (Å²) in [6.45, 7) is 0. The van der Waals surface area contributed by atoms with Crippen molar-refractivity contribution < 1.29 is 9.18 Å². The number of carbonyl (C=O) groups excluding carboxylic acids is 1. The van der Waals surface area contributed by atoms with Crippen LogP contribution >= 0.6 is 23.4 Å². The predicted octanol–water partition coefficient (Wildman–Crippen LogP) is 2.96. The van der Waals surface area contributed by atoms with E-state index in [0.717, 1.165) is 4.90 Å². The van der Waals surface area contributed by atoms with E-state index in [9.17, 15) is 9.18 Å². The lowest BCUT2D eigenvalue weighted by Crippen LogP contribution is -2.30. The van der Waals surface area contributed by atoms with Crippen molar-refractivity contribution in [1.82, 2.24) is 5.43 Å². The van der Waals surface area contributed by atoms with Crippen LogP contribution in [0.15, 0.2) is 41.3 Å². The molecule has 1 amide bonds. The summed E-state index contributed by atoms with van der Waals surface area (Å²) < 4.78 is 13.8. The first-order chi connectivity index (χ1) is 10.0. The smallest absolute Gasteiger partial charge is 0.265 e. The molecular formula is C14H13ClFN3OS. The highest BCUT2D eigenvalue weighted by molar-refractivity contribution is 7.98. The number of halogens is 2. The third-order valence-corrected chi connectivity index (χ3v) is 4.32. The minimum Gasteiger partial charge on any atom is -0.399 e. The largest absolute Gasteiger partial charge is 0.399 e. The molecule has 0 aliphatic rings. The van der Waals surface area contributed by atoms with Crippen LogP contribution in [-0.4, -0.2) is 5.91 Å². The van der Waals surface area contributed by atoms with Gasteiger partial charge in [-0.1, -0.05) is 11.6 Å². The molecule has 7 heteroatoms. The van der Waals surface area contributed by atoms with Gasteiger partial charge in [-0.3, -0.25) is 10.2 Å². The minimum atomic E-state index is -0.469.